The minimum absolute atomic E-state index is 0.244. The third-order valence-corrected chi connectivity index (χ3v) is 2.41. The molecule has 16 heavy (non-hydrogen) atoms. The Bertz CT molecular complexity index is 488. The molecule has 2 aromatic rings. The van der Waals surface area contributed by atoms with Gasteiger partial charge in [0.15, 0.2) is 0 Å². The molecule has 0 fully saturated rings. The zero-order valence-electron chi connectivity index (χ0n) is 8.45. The minimum Gasteiger partial charge on any atom is -0.365 e. The lowest BCUT2D eigenvalue weighted by Crippen LogP contribution is -2.01. The van der Waals surface area contributed by atoms with E-state index in [-0.39, 0.29) is 5.82 Å². The van der Waals surface area contributed by atoms with Crippen LogP contribution in [-0.2, 0) is 6.54 Å². The van der Waals surface area contributed by atoms with Crippen LogP contribution in [0.4, 0.5) is 10.2 Å². The third-order valence-electron chi connectivity index (χ3n) is 2.11. The molecule has 0 aliphatic heterocycles. The van der Waals surface area contributed by atoms with Crippen molar-refractivity contribution in [1.82, 2.24) is 4.98 Å². The van der Waals surface area contributed by atoms with Gasteiger partial charge in [0, 0.05) is 12.7 Å². The number of benzene rings is 1. The predicted octanol–water partition coefficient (Wildman–Crippen LogP) is 3.49. The SMILES string of the molecule is Fc1cccc(CNc2ncccc2Cl)c1. The Hall–Kier alpha value is -1.61. The lowest BCUT2D eigenvalue weighted by atomic mass is 10.2. The van der Waals surface area contributed by atoms with Crippen LogP contribution in [0.2, 0.25) is 5.02 Å². The van der Waals surface area contributed by atoms with Crippen LogP contribution in [0.1, 0.15) is 5.56 Å². The molecular weight excluding hydrogens is 227 g/mol. The first-order valence-electron chi connectivity index (χ1n) is 4.84. The van der Waals surface area contributed by atoms with E-state index in [9.17, 15) is 4.39 Å². The van der Waals surface area contributed by atoms with E-state index >= 15 is 0 Å². The number of halogens is 2. The van der Waals surface area contributed by atoms with E-state index in [1.54, 1.807) is 24.4 Å². The first kappa shape index (κ1) is 10.9. The molecule has 1 heterocycles. The molecule has 0 amide bonds. The van der Waals surface area contributed by atoms with Crippen molar-refractivity contribution < 1.29 is 4.39 Å². The van der Waals surface area contributed by atoms with Gasteiger partial charge in [0.25, 0.3) is 0 Å². The number of rotatable bonds is 3. The number of hydrogen-bond acceptors (Lipinski definition) is 2. The van der Waals surface area contributed by atoms with Gasteiger partial charge in [-0.15, -0.1) is 0 Å². The van der Waals surface area contributed by atoms with Crippen LogP contribution in [0.15, 0.2) is 42.6 Å². The average molecular weight is 237 g/mol. The normalized spacial score (nSPS) is 10.1. The topological polar surface area (TPSA) is 24.9 Å². The Morgan fingerprint density at radius 3 is 2.88 bits per heavy atom. The molecule has 0 saturated heterocycles. The standard InChI is InChI=1S/C12H10ClFN2/c13-11-5-2-6-15-12(11)16-8-9-3-1-4-10(14)7-9/h1-7H,8H2,(H,15,16). The second kappa shape index (κ2) is 4.94. The van der Waals surface area contributed by atoms with E-state index in [1.807, 2.05) is 6.07 Å². The van der Waals surface area contributed by atoms with Gasteiger partial charge in [0.1, 0.15) is 11.6 Å². The summed E-state index contributed by atoms with van der Waals surface area (Å²) in [6.07, 6.45) is 1.65. The number of nitrogens with zero attached hydrogens (tertiary/aromatic N) is 1. The molecule has 4 heteroatoms. The number of pyridine rings is 1. The number of hydrogen-bond donors (Lipinski definition) is 1. The van der Waals surface area contributed by atoms with Crippen molar-refractivity contribution in [2.75, 3.05) is 5.32 Å². The van der Waals surface area contributed by atoms with Gasteiger partial charge in [0.2, 0.25) is 0 Å². The predicted molar refractivity (Wildman–Crippen MR) is 63.0 cm³/mol. The Labute approximate surface area is 98.1 Å². The molecule has 0 aliphatic carbocycles. The Balaban J connectivity index is 2.05. The summed E-state index contributed by atoms with van der Waals surface area (Å²) in [7, 11) is 0. The Morgan fingerprint density at radius 1 is 1.25 bits per heavy atom. The van der Waals surface area contributed by atoms with E-state index in [1.165, 1.54) is 12.1 Å². The van der Waals surface area contributed by atoms with Crippen molar-refractivity contribution >= 4 is 17.4 Å². The maximum absolute atomic E-state index is 12.9. The molecule has 82 valence electrons. The van der Waals surface area contributed by atoms with Crippen molar-refractivity contribution in [1.29, 1.82) is 0 Å². The molecule has 0 atom stereocenters. The summed E-state index contributed by atoms with van der Waals surface area (Å²) < 4.78 is 12.9. The zero-order valence-corrected chi connectivity index (χ0v) is 9.21. The summed E-state index contributed by atoms with van der Waals surface area (Å²) in [6, 6.07) is 9.92. The molecule has 0 aliphatic rings. The fourth-order valence-corrected chi connectivity index (χ4v) is 1.54. The van der Waals surface area contributed by atoms with Crippen LogP contribution < -0.4 is 5.32 Å². The maximum atomic E-state index is 12.9. The van der Waals surface area contributed by atoms with Crippen molar-refractivity contribution in [3.8, 4) is 0 Å². The largest absolute Gasteiger partial charge is 0.365 e. The highest BCUT2D eigenvalue weighted by atomic mass is 35.5. The lowest BCUT2D eigenvalue weighted by Gasteiger charge is -2.06. The van der Waals surface area contributed by atoms with Crippen LogP contribution in [0, 0.1) is 5.82 Å². The van der Waals surface area contributed by atoms with Crippen molar-refractivity contribution in [3.63, 3.8) is 0 Å². The zero-order chi connectivity index (χ0) is 11.4. The van der Waals surface area contributed by atoms with Crippen molar-refractivity contribution in [2.24, 2.45) is 0 Å². The molecule has 1 aromatic carbocycles. The van der Waals surface area contributed by atoms with Gasteiger partial charge in [0.05, 0.1) is 5.02 Å². The summed E-state index contributed by atoms with van der Waals surface area (Å²) in [6.45, 7) is 0.495. The summed E-state index contributed by atoms with van der Waals surface area (Å²) in [4.78, 5) is 4.08. The van der Waals surface area contributed by atoms with E-state index in [0.29, 0.717) is 17.4 Å². The van der Waals surface area contributed by atoms with Gasteiger partial charge in [-0.2, -0.15) is 0 Å². The smallest absolute Gasteiger partial charge is 0.145 e. The van der Waals surface area contributed by atoms with Crippen LogP contribution in [0.3, 0.4) is 0 Å². The second-order valence-corrected chi connectivity index (χ2v) is 3.72. The molecule has 1 aromatic heterocycles. The minimum atomic E-state index is -0.244. The van der Waals surface area contributed by atoms with Crippen LogP contribution in [0.5, 0.6) is 0 Å². The Kier molecular flexibility index (Phi) is 3.37. The van der Waals surface area contributed by atoms with Gasteiger partial charge in [-0.1, -0.05) is 23.7 Å². The van der Waals surface area contributed by atoms with Crippen molar-refractivity contribution in [2.45, 2.75) is 6.54 Å². The highest BCUT2D eigenvalue weighted by Crippen LogP contribution is 2.18. The molecule has 0 radical (unpaired) electrons. The third kappa shape index (κ3) is 2.70. The van der Waals surface area contributed by atoms with Gasteiger partial charge in [-0.25, -0.2) is 9.37 Å². The molecule has 2 rings (SSSR count). The van der Waals surface area contributed by atoms with E-state index < -0.39 is 0 Å². The first-order chi connectivity index (χ1) is 7.75. The summed E-state index contributed by atoms with van der Waals surface area (Å²) >= 11 is 5.92. The highest BCUT2D eigenvalue weighted by Gasteiger charge is 2.00. The van der Waals surface area contributed by atoms with Crippen LogP contribution in [-0.4, -0.2) is 4.98 Å². The average Bonchev–Trinajstić information content (AvgIpc) is 2.28. The number of anilines is 1. The lowest BCUT2D eigenvalue weighted by molar-refractivity contribution is 0.626. The summed E-state index contributed by atoms with van der Waals surface area (Å²) in [5, 5.41) is 3.60. The molecule has 2 nitrogen and oxygen atoms in total. The molecule has 0 unspecified atom stereocenters. The fraction of sp³-hybridized carbons (Fsp3) is 0.0833. The van der Waals surface area contributed by atoms with E-state index in [0.717, 1.165) is 5.56 Å². The molecule has 0 saturated carbocycles. The van der Waals surface area contributed by atoms with Crippen molar-refractivity contribution in [3.05, 3.63) is 59.0 Å². The van der Waals surface area contributed by atoms with E-state index in [2.05, 4.69) is 10.3 Å². The number of aromatic nitrogens is 1. The molecular formula is C12H10ClFN2. The highest BCUT2D eigenvalue weighted by molar-refractivity contribution is 6.32. The summed E-state index contributed by atoms with van der Waals surface area (Å²) in [5.41, 5.74) is 0.849. The van der Waals surface area contributed by atoms with E-state index in [4.69, 9.17) is 11.6 Å². The van der Waals surface area contributed by atoms with Gasteiger partial charge in [-0.05, 0) is 29.8 Å². The quantitative estimate of drug-likeness (QED) is 0.883. The van der Waals surface area contributed by atoms with Gasteiger partial charge >= 0.3 is 0 Å². The first-order valence-corrected chi connectivity index (χ1v) is 5.22. The van der Waals surface area contributed by atoms with Crippen LogP contribution >= 0.6 is 11.6 Å². The molecule has 0 bridgehead atoms. The Morgan fingerprint density at radius 2 is 2.12 bits per heavy atom. The fourth-order valence-electron chi connectivity index (χ4n) is 1.35. The summed E-state index contributed by atoms with van der Waals surface area (Å²) in [5.74, 6) is 0.361. The maximum Gasteiger partial charge on any atom is 0.145 e. The van der Waals surface area contributed by atoms with Crippen LogP contribution in [0.25, 0.3) is 0 Å². The molecule has 0 spiro atoms. The van der Waals surface area contributed by atoms with Gasteiger partial charge < -0.3 is 5.32 Å². The van der Waals surface area contributed by atoms with Gasteiger partial charge in [-0.3, -0.25) is 0 Å². The molecule has 1 N–H and O–H groups in total. The second-order valence-electron chi connectivity index (χ2n) is 3.32. The number of nitrogens with one attached hydrogen (secondary N) is 1. The monoisotopic (exact) mass is 236 g/mol.